The van der Waals surface area contributed by atoms with Crippen LogP contribution in [0.25, 0.3) is 27.8 Å². The van der Waals surface area contributed by atoms with Crippen molar-refractivity contribution in [2.45, 2.75) is 13.8 Å². The van der Waals surface area contributed by atoms with Crippen molar-refractivity contribution in [3.05, 3.63) is 66.7 Å². The van der Waals surface area contributed by atoms with Crippen molar-refractivity contribution >= 4 is 11.5 Å². The number of benzene rings is 1. The van der Waals surface area contributed by atoms with Gasteiger partial charge in [-0.15, -0.1) is 0 Å². The molecule has 0 fully saturated rings. The molecule has 144 valence electrons. The lowest BCUT2D eigenvalue weighted by molar-refractivity contribution is -0.143. The first kappa shape index (κ1) is 18.5. The van der Waals surface area contributed by atoms with E-state index in [1.54, 1.807) is 23.0 Å². The third-order valence-corrected chi connectivity index (χ3v) is 4.82. The maximum absolute atomic E-state index is 11.4. The molecule has 4 aromatic rings. The van der Waals surface area contributed by atoms with Crippen LogP contribution >= 0.6 is 0 Å². The summed E-state index contributed by atoms with van der Waals surface area (Å²) < 4.78 is 3.54. The molecule has 0 aliphatic heterocycles. The number of fused-ring (bicyclic) bond motifs is 1. The molecule has 1 aromatic carbocycles. The number of carbonyl (C=O) groups is 1. The van der Waals surface area contributed by atoms with Gasteiger partial charge in [-0.25, -0.2) is 4.52 Å². The number of hydrogen-bond donors (Lipinski definition) is 1. The monoisotopic (exact) mass is 384 g/mol. The van der Waals surface area contributed by atoms with Crippen LogP contribution in [0.4, 0.5) is 0 Å². The Morgan fingerprint density at radius 3 is 2.41 bits per heavy atom. The fourth-order valence-electron chi connectivity index (χ4n) is 3.05. The first-order valence-electron chi connectivity index (χ1n) is 9.17. The summed E-state index contributed by atoms with van der Waals surface area (Å²) in [6.45, 7) is 3.19. The van der Waals surface area contributed by atoms with Gasteiger partial charge in [-0.3, -0.25) is 9.48 Å². The second-order valence-corrected chi connectivity index (χ2v) is 7.43. The van der Waals surface area contributed by atoms with Crippen molar-refractivity contribution in [1.82, 2.24) is 19.4 Å². The fourth-order valence-corrected chi connectivity index (χ4v) is 3.05. The van der Waals surface area contributed by atoms with Crippen LogP contribution in [0.5, 0.6) is 0 Å². The predicted octanol–water partition coefficient (Wildman–Crippen LogP) is 3.86. The summed E-state index contributed by atoms with van der Waals surface area (Å²) in [5, 5.41) is 18.0. The average Bonchev–Trinajstić information content (AvgIpc) is 3.33. The second-order valence-electron chi connectivity index (χ2n) is 7.43. The largest absolute Gasteiger partial charge is 0.480 e. The zero-order valence-electron chi connectivity index (χ0n) is 16.4. The van der Waals surface area contributed by atoms with E-state index in [-0.39, 0.29) is 0 Å². The van der Waals surface area contributed by atoms with Gasteiger partial charge in [0.15, 0.2) is 0 Å². The van der Waals surface area contributed by atoms with Gasteiger partial charge >= 0.3 is 5.97 Å². The van der Waals surface area contributed by atoms with Crippen LogP contribution in [0.15, 0.2) is 61.2 Å². The SMILES string of the molecule is Cn1cc(-c2ccc(-c3cnn4cccc(C#CC(C)(C)C(=O)O)c34)cc2)cn1. The van der Waals surface area contributed by atoms with Gasteiger partial charge in [0, 0.05) is 30.6 Å². The van der Waals surface area contributed by atoms with Crippen molar-refractivity contribution in [1.29, 1.82) is 0 Å². The predicted molar refractivity (Wildman–Crippen MR) is 111 cm³/mol. The Morgan fingerprint density at radius 1 is 1.03 bits per heavy atom. The van der Waals surface area contributed by atoms with E-state index in [0.717, 1.165) is 33.3 Å². The lowest BCUT2D eigenvalue weighted by Gasteiger charge is -2.09. The highest BCUT2D eigenvalue weighted by molar-refractivity contribution is 5.86. The summed E-state index contributed by atoms with van der Waals surface area (Å²) in [7, 11) is 1.89. The van der Waals surface area contributed by atoms with Gasteiger partial charge in [0.2, 0.25) is 0 Å². The number of aromatic nitrogens is 4. The third kappa shape index (κ3) is 3.50. The highest BCUT2D eigenvalue weighted by Crippen LogP contribution is 2.29. The van der Waals surface area contributed by atoms with Gasteiger partial charge in [-0.1, -0.05) is 36.1 Å². The smallest absolute Gasteiger partial charge is 0.321 e. The van der Waals surface area contributed by atoms with Crippen molar-refractivity contribution in [3.8, 4) is 34.1 Å². The molecule has 6 nitrogen and oxygen atoms in total. The van der Waals surface area contributed by atoms with E-state index < -0.39 is 11.4 Å². The topological polar surface area (TPSA) is 72.4 Å². The standard InChI is InChI=1S/C23H20N4O2/c1-23(2,22(28)29)11-10-18-5-4-12-27-21(18)20(14-25-27)17-8-6-16(7-9-17)19-13-24-26(3)15-19/h4-9,12-15H,1-3H3,(H,28,29). The van der Waals surface area contributed by atoms with Gasteiger partial charge in [0.05, 0.1) is 23.5 Å². The van der Waals surface area contributed by atoms with Crippen LogP contribution in [0.1, 0.15) is 19.4 Å². The summed E-state index contributed by atoms with van der Waals surface area (Å²) in [5.41, 5.74) is 4.57. The second kappa shape index (κ2) is 6.95. The van der Waals surface area contributed by atoms with Crippen LogP contribution < -0.4 is 0 Å². The summed E-state index contributed by atoms with van der Waals surface area (Å²) in [5.74, 6) is 4.96. The number of nitrogens with zero attached hydrogens (tertiary/aromatic N) is 4. The highest BCUT2D eigenvalue weighted by Gasteiger charge is 2.24. The Morgan fingerprint density at radius 2 is 1.76 bits per heavy atom. The first-order chi connectivity index (χ1) is 13.8. The van der Waals surface area contributed by atoms with E-state index >= 15 is 0 Å². The van der Waals surface area contributed by atoms with E-state index in [4.69, 9.17) is 0 Å². The lowest BCUT2D eigenvalue weighted by Crippen LogP contribution is -2.21. The minimum absolute atomic E-state index is 0.741. The molecule has 0 amide bonds. The molecule has 3 heterocycles. The van der Waals surface area contributed by atoms with Gasteiger partial charge in [0.1, 0.15) is 5.41 Å². The van der Waals surface area contributed by atoms with Crippen LogP contribution in [0.2, 0.25) is 0 Å². The minimum atomic E-state index is -1.13. The number of aliphatic carboxylic acids is 1. The molecule has 0 saturated carbocycles. The average molecular weight is 384 g/mol. The Balaban J connectivity index is 1.77. The van der Waals surface area contributed by atoms with Crippen LogP contribution in [0, 0.1) is 17.3 Å². The zero-order chi connectivity index (χ0) is 20.6. The van der Waals surface area contributed by atoms with Crippen molar-refractivity contribution in [2.24, 2.45) is 12.5 Å². The molecule has 6 heteroatoms. The highest BCUT2D eigenvalue weighted by atomic mass is 16.4. The quantitative estimate of drug-likeness (QED) is 0.545. The molecule has 0 bridgehead atoms. The van der Waals surface area contributed by atoms with Gasteiger partial charge < -0.3 is 5.11 Å². The molecule has 0 aliphatic carbocycles. The molecule has 1 N–H and O–H groups in total. The molecule has 0 saturated heterocycles. The fraction of sp³-hybridized carbons (Fsp3) is 0.174. The molecular weight excluding hydrogens is 364 g/mol. The van der Waals surface area contributed by atoms with Crippen LogP contribution in [0.3, 0.4) is 0 Å². The Labute approximate surface area is 168 Å². The summed E-state index contributed by atoms with van der Waals surface area (Å²) in [6.07, 6.45) is 7.47. The van der Waals surface area contributed by atoms with Crippen molar-refractivity contribution in [2.75, 3.05) is 0 Å². The van der Waals surface area contributed by atoms with E-state index in [9.17, 15) is 9.90 Å². The molecule has 3 aromatic heterocycles. The Bertz CT molecular complexity index is 1270. The first-order valence-corrected chi connectivity index (χ1v) is 9.17. The maximum Gasteiger partial charge on any atom is 0.321 e. The van der Waals surface area contributed by atoms with E-state index in [0.29, 0.717) is 0 Å². The lowest BCUT2D eigenvalue weighted by atomic mass is 9.94. The van der Waals surface area contributed by atoms with Crippen molar-refractivity contribution in [3.63, 3.8) is 0 Å². The van der Waals surface area contributed by atoms with Gasteiger partial charge in [-0.05, 0) is 37.1 Å². The third-order valence-electron chi connectivity index (χ3n) is 4.82. The number of carboxylic acid groups (broad SMARTS) is 1. The zero-order valence-corrected chi connectivity index (χ0v) is 16.4. The minimum Gasteiger partial charge on any atom is -0.480 e. The number of aryl methyl sites for hydroxylation is 1. The number of hydrogen-bond acceptors (Lipinski definition) is 3. The van der Waals surface area contributed by atoms with Crippen LogP contribution in [-0.2, 0) is 11.8 Å². The molecule has 0 unspecified atom stereocenters. The van der Waals surface area contributed by atoms with Gasteiger partial charge in [0.25, 0.3) is 0 Å². The number of rotatable bonds is 3. The van der Waals surface area contributed by atoms with E-state index in [2.05, 4.69) is 34.2 Å². The molecule has 0 radical (unpaired) electrons. The molecule has 0 atom stereocenters. The summed E-state index contributed by atoms with van der Waals surface area (Å²) in [6, 6.07) is 11.9. The summed E-state index contributed by atoms with van der Waals surface area (Å²) in [4.78, 5) is 11.4. The molecule has 0 spiro atoms. The molecule has 0 aliphatic rings. The number of pyridine rings is 1. The van der Waals surface area contributed by atoms with Crippen LogP contribution in [-0.4, -0.2) is 30.5 Å². The molecular formula is C23H20N4O2. The maximum atomic E-state index is 11.4. The van der Waals surface area contributed by atoms with E-state index in [1.165, 1.54) is 0 Å². The summed E-state index contributed by atoms with van der Waals surface area (Å²) >= 11 is 0. The molecule has 4 rings (SSSR count). The number of carboxylic acids is 1. The van der Waals surface area contributed by atoms with Crippen molar-refractivity contribution < 1.29 is 9.90 Å². The normalized spacial score (nSPS) is 11.3. The Kier molecular flexibility index (Phi) is 4.44. The van der Waals surface area contributed by atoms with E-state index in [1.807, 2.05) is 56.1 Å². The Hall–Kier alpha value is -3.85. The molecule has 29 heavy (non-hydrogen) atoms. The van der Waals surface area contributed by atoms with Gasteiger partial charge in [-0.2, -0.15) is 10.2 Å².